The zero-order valence-electron chi connectivity index (χ0n) is 7.51. The van der Waals surface area contributed by atoms with Gasteiger partial charge in [-0.1, -0.05) is 0 Å². The first-order valence-corrected chi connectivity index (χ1v) is 4.97. The van der Waals surface area contributed by atoms with Gasteiger partial charge in [0.2, 0.25) is 0 Å². The molecule has 2 bridgehead atoms. The average molecular weight is 207 g/mol. The summed E-state index contributed by atoms with van der Waals surface area (Å²) >= 11 is 0. The van der Waals surface area contributed by atoms with E-state index in [4.69, 9.17) is 0 Å². The summed E-state index contributed by atoms with van der Waals surface area (Å²) in [5, 5.41) is 12.7. The number of halogens is 3. The lowest BCUT2D eigenvalue weighted by Gasteiger charge is -2.38. The SMILES string of the molecule is OC1(C(F)(F)F)C2CC3CNC1C3C2. The number of hydrogen-bond acceptors (Lipinski definition) is 2. The molecule has 0 radical (unpaired) electrons. The molecular weight excluding hydrogens is 195 g/mol. The van der Waals surface area contributed by atoms with Crippen LogP contribution in [0.3, 0.4) is 0 Å². The molecule has 0 aromatic rings. The molecule has 1 aliphatic heterocycles. The van der Waals surface area contributed by atoms with Gasteiger partial charge in [0.25, 0.3) is 0 Å². The van der Waals surface area contributed by atoms with Crippen molar-refractivity contribution in [1.82, 2.24) is 5.32 Å². The van der Waals surface area contributed by atoms with Crippen LogP contribution in [-0.4, -0.2) is 29.5 Å². The Labute approximate surface area is 79.5 Å². The third-order valence-corrected chi connectivity index (χ3v) is 4.33. The van der Waals surface area contributed by atoms with Crippen LogP contribution in [0.2, 0.25) is 0 Å². The van der Waals surface area contributed by atoms with E-state index < -0.39 is 23.7 Å². The van der Waals surface area contributed by atoms with Gasteiger partial charge in [-0.25, -0.2) is 0 Å². The van der Waals surface area contributed by atoms with Crippen molar-refractivity contribution in [1.29, 1.82) is 0 Å². The topological polar surface area (TPSA) is 32.3 Å². The summed E-state index contributed by atoms with van der Waals surface area (Å²) in [5.41, 5.74) is -2.45. The molecule has 5 atom stereocenters. The molecule has 2 saturated carbocycles. The van der Waals surface area contributed by atoms with Crippen LogP contribution < -0.4 is 5.32 Å². The van der Waals surface area contributed by atoms with E-state index in [1.165, 1.54) is 0 Å². The van der Waals surface area contributed by atoms with Crippen LogP contribution in [0.5, 0.6) is 0 Å². The van der Waals surface area contributed by atoms with Crippen molar-refractivity contribution in [3.8, 4) is 0 Å². The molecule has 2 N–H and O–H groups in total. The highest BCUT2D eigenvalue weighted by Gasteiger charge is 2.73. The zero-order chi connectivity index (χ0) is 10.1. The number of fused-ring (bicyclic) bond motifs is 1. The third kappa shape index (κ3) is 0.772. The van der Waals surface area contributed by atoms with Crippen molar-refractivity contribution in [2.45, 2.75) is 30.7 Å². The van der Waals surface area contributed by atoms with E-state index >= 15 is 0 Å². The Bertz CT molecular complexity index is 278. The molecule has 3 fully saturated rings. The molecule has 1 saturated heterocycles. The second kappa shape index (κ2) is 2.27. The number of rotatable bonds is 0. The Morgan fingerprint density at radius 1 is 1.29 bits per heavy atom. The van der Waals surface area contributed by atoms with Gasteiger partial charge in [0.05, 0.1) is 0 Å². The summed E-state index contributed by atoms with van der Waals surface area (Å²) in [6.07, 6.45) is -3.41. The molecular formula is C9H12F3NO. The molecule has 1 heterocycles. The Hall–Kier alpha value is -0.290. The molecule has 80 valence electrons. The van der Waals surface area contributed by atoms with Gasteiger partial charge in [-0.15, -0.1) is 0 Å². The molecule has 5 unspecified atom stereocenters. The number of nitrogens with one attached hydrogen (secondary N) is 1. The van der Waals surface area contributed by atoms with Crippen LogP contribution in [-0.2, 0) is 0 Å². The minimum atomic E-state index is -4.49. The summed E-state index contributed by atoms with van der Waals surface area (Å²) in [6, 6.07) is -0.744. The smallest absolute Gasteiger partial charge is 0.379 e. The van der Waals surface area contributed by atoms with Crippen molar-refractivity contribution in [3.63, 3.8) is 0 Å². The predicted octanol–water partition coefficient (Wildman–Crippen LogP) is 0.908. The minimum Gasteiger partial charge on any atom is -0.379 e. The maximum atomic E-state index is 12.8. The molecule has 0 amide bonds. The van der Waals surface area contributed by atoms with Gasteiger partial charge in [-0.3, -0.25) is 0 Å². The highest BCUT2D eigenvalue weighted by atomic mass is 19.4. The normalized spacial score (nSPS) is 55.7. The van der Waals surface area contributed by atoms with Crippen molar-refractivity contribution in [3.05, 3.63) is 0 Å². The summed E-state index contributed by atoms with van der Waals surface area (Å²) in [6.45, 7) is 0.643. The largest absolute Gasteiger partial charge is 0.419 e. The van der Waals surface area contributed by atoms with Crippen molar-refractivity contribution in [2.75, 3.05) is 6.54 Å². The molecule has 0 aromatic heterocycles. The maximum absolute atomic E-state index is 12.8. The predicted molar refractivity (Wildman–Crippen MR) is 42.5 cm³/mol. The lowest BCUT2D eigenvalue weighted by molar-refractivity contribution is -0.283. The van der Waals surface area contributed by atoms with Gasteiger partial charge in [-0.05, 0) is 37.1 Å². The third-order valence-electron chi connectivity index (χ3n) is 4.33. The van der Waals surface area contributed by atoms with Crippen LogP contribution in [0.25, 0.3) is 0 Å². The fourth-order valence-corrected chi connectivity index (χ4v) is 3.73. The second-order valence-corrected chi connectivity index (χ2v) is 4.80. The van der Waals surface area contributed by atoms with Crippen LogP contribution in [0, 0.1) is 17.8 Å². The molecule has 2 nitrogen and oxygen atoms in total. The maximum Gasteiger partial charge on any atom is 0.419 e. The van der Waals surface area contributed by atoms with Crippen LogP contribution >= 0.6 is 0 Å². The zero-order valence-corrected chi connectivity index (χ0v) is 7.51. The van der Waals surface area contributed by atoms with Gasteiger partial charge in [0.15, 0.2) is 5.60 Å². The number of hydrogen-bond donors (Lipinski definition) is 2. The van der Waals surface area contributed by atoms with Crippen molar-refractivity contribution in [2.24, 2.45) is 17.8 Å². The first-order valence-electron chi connectivity index (χ1n) is 4.97. The molecule has 3 aliphatic rings. The van der Waals surface area contributed by atoms with Gasteiger partial charge in [-0.2, -0.15) is 13.2 Å². The van der Waals surface area contributed by atoms with Gasteiger partial charge in [0.1, 0.15) is 0 Å². The fraction of sp³-hybridized carbons (Fsp3) is 1.00. The quantitative estimate of drug-likeness (QED) is 0.618. The van der Waals surface area contributed by atoms with Crippen LogP contribution in [0.15, 0.2) is 0 Å². The van der Waals surface area contributed by atoms with E-state index in [1.807, 2.05) is 0 Å². The van der Waals surface area contributed by atoms with E-state index in [2.05, 4.69) is 5.32 Å². The van der Waals surface area contributed by atoms with Gasteiger partial charge < -0.3 is 10.4 Å². The second-order valence-electron chi connectivity index (χ2n) is 4.80. The first kappa shape index (κ1) is 8.97. The first-order chi connectivity index (χ1) is 6.44. The van der Waals surface area contributed by atoms with Crippen molar-refractivity contribution < 1.29 is 18.3 Å². The molecule has 14 heavy (non-hydrogen) atoms. The number of alkyl halides is 3. The standard InChI is InChI=1S/C9H12F3NO/c10-9(11,12)8(14)5-1-4-3-13-7(8)6(4)2-5/h4-7,13-14H,1-3H2. The number of aliphatic hydroxyl groups is 1. The van der Waals surface area contributed by atoms with E-state index in [9.17, 15) is 18.3 Å². The Morgan fingerprint density at radius 2 is 2.00 bits per heavy atom. The van der Waals surface area contributed by atoms with E-state index in [0.29, 0.717) is 25.3 Å². The summed E-state index contributed by atoms with van der Waals surface area (Å²) in [7, 11) is 0. The lowest BCUT2D eigenvalue weighted by Crippen LogP contribution is -2.60. The minimum absolute atomic E-state index is 0.0478. The molecule has 3 rings (SSSR count). The Morgan fingerprint density at radius 3 is 2.64 bits per heavy atom. The van der Waals surface area contributed by atoms with E-state index in [-0.39, 0.29) is 5.92 Å². The van der Waals surface area contributed by atoms with Crippen molar-refractivity contribution >= 4 is 0 Å². The highest BCUT2D eigenvalue weighted by molar-refractivity contribution is 5.19. The monoisotopic (exact) mass is 207 g/mol. The lowest BCUT2D eigenvalue weighted by atomic mass is 9.78. The summed E-state index contributed by atoms with van der Waals surface area (Å²) in [4.78, 5) is 0. The summed E-state index contributed by atoms with van der Waals surface area (Å²) in [5.74, 6) is -0.156. The van der Waals surface area contributed by atoms with Gasteiger partial charge >= 0.3 is 6.18 Å². The molecule has 2 aliphatic carbocycles. The highest BCUT2D eigenvalue weighted by Crippen LogP contribution is 2.60. The Balaban J connectivity index is 2.03. The van der Waals surface area contributed by atoms with Crippen LogP contribution in [0.1, 0.15) is 12.8 Å². The van der Waals surface area contributed by atoms with E-state index in [1.54, 1.807) is 0 Å². The van der Waals surface area contributed by atoms with E-state index in [0.717, 1.165) is 0 Å². The summed E-state index contributed by atoms with van der Waals surface area (Å²) < 4.78 is 38.3. The molecule has 0 aromatic carbocycles. The average Bonchev–Trinajstić information content (AvgIpc) is 2.59. The molecule has 0 spiro atoms. The molecule has 5 heteroatoms. The van der Waals surface area contributed by atoms with Crippen LogP contribution in [0.4, 0.5) is 13.2 Å². The fourth-order valence-electron chi connectivity index (χ4n) is 3.73. The van der Waals surface area contributed by atoms with Gasteiger partial charge in [0, 0.05) is 6.04 Å². The Kier molecular flexibility index (Phi) is 1.45.